The number of carbonyl (C=O) groups excluding carboxylic acids is 1. The number of nitrogens with zero attached hydrogens (tertiary/aromatic N) is 1. The predicted octanol–water partition coefficient (Wildman–Crippen LogP) is 3.63. The van der Waals surface area contributed by atoms with Crippen LogP contribution in [-0.2, 0) is 0 Å². The maximum atomic E-state index is 12.5. The highest BCUT2D eigenvalue weighted by Gasteiger charge is 2.46. The van der Waals surface area contributed by atoms with E-state index in [1.54, 1.807) is 0 Å². The summed E-state index contributed by atoms with van der Waals surface area (Å²) in [5, 5.41) is 3.25. The lowest BCUT2D eigenvalue weighted by atomic mass is 9.73. The van der Waals surface area contributed by atoms with Crippen molar-refractivity contribution in [1.82, 2.24) is 10.2 Å². The van der Waals surface area contributed by atoms with Crippen molar-refractivity contribution in [3.05, 3.63) is 29.8 Å². The van der Waals surface area contributed by atoms with Gasteiger partial charge < -0.3 is 15.0 Å². The third kappa shape index (κ3) is 2.25. The Hall–Kier alpha value is -1.71. The molecular weight excluding hydrogens is 276 g/mol. The molecule has 0 radical (unpaired) electrons. The Morgan fingerprint density at radius 3 is 2.68 bits per heavy atom. The van der Waals surface area contributed by atoms with Crippen molar-refractivity contribution < 1.29 is 9.53 Å². The molecule has 2 saturated carbocycles. The molecule has 1 heterocycles. The largest absolute Gasteiger partial charge is 0.487 e. The van der Waals surface area contributed by atoms with Crippen LogP contribution in [0, 0.1) is 0 Å². The number of benzene rings is 1. The molecule has 22 heavy (non-hydrogen) atoms. The molecule has 1 aromatic carbocycles. The summed E-state index contributed by atoms with van der Waals surface area (Å²) in [6, 6.07) is 8.69. The number of amides is 2. The Labute approximate surface area is 131 Å². The quantitative estimate of drug-likeness (QED) is 0.906. The molecule has 1 aliphatic heterocycles. The number of ether oxygens (including phenoxy) is 1. The molecule has 1 atom stereocenters. The van der Waals surface area contributed by atoms with Gasteiger partial charge in [0.1, 0.15) is 11.4 Å². The molecule has 3 aliphatic rings. The van der Waals surface area contributed by atoms with E-state index in [2.05, 4.69) is 11.4 Å². The van der Waals surface area contributed by atoms with Gasteiger partial charge in [0, 0.05) is 25.1 Å². The molecule has 0 bridgehead atoms. The van der Waals surface area contributed by atoms with Crippen LogP contribution in [0.4, 0.5) is 4.79 Å². The molecule has 4 heteroatoms. The Morgan fingerprint density at radius 2 is 2.05 bits per heavy atom. The highest BCUT2D eigenvalue weighted by Crippen LogP contribution is 2.48. The van der Waals surface area contributed by atoms with E-state index in [0.29, 0.717) is 6.04 Å². The van der Waals surface area contributed by atoms with Gasteiger partial charge in [0.25, 0.3) is 0 Å². The summed E-state index contributed by atoms with van der Waals surface area (Å²) < 4.78 is 6.24. The molecule has 2 aliphatic carbocycles. The molecule has 118 valence electrons. The Balaban J connectivity index is 1.53. The van der Waals surface area contributed by atoms with Crippen molar-refractivity contribution in [2.45, 2.75) is 62.6 Å². The summed E-state index contributed by atoms with van der Waals surface area (Å²) in [6.07, 6.45) is 7.85. The molecule has 4 nitrogen and oxygen atoms in total. The number of hydrogen-bond donors (Lipinski definition) is 1. The van der Waals surface area contributed by atoms with Gasteiger partial charge in [-0.2, -0.15) is 0 Å². The Bertz CT molecular complexity index is 578. The Kier molecular flexibility index (Phi) is 3.28. The minimum atomic E-state index is -0.0403. The van der Waals surface area contributed by atoms with Crippen LogP contribution >= 0.6 is 0 Å². The highest BCUT2D eigenvalue weighted by atomic mass is 16.5. The first-order chi connectivity index (χ1) is 10.7. The fourth-order valence-corrected chi connectivity index (χ4v) is 3.82. The van der Waals surface area contributed by atoms with E-state index >= 15 is 0 Å². The summed E-state index contributed by atoms with van der Waals surface area (Å²) in [4.78, 5) is 14.4. The fourth-order valence-electron chi connectivity index (χ4n) is 3.82. The SMILES string of the molecule is CN(C(=O)N[C@H]1CC2(CCC2)Oc2ccccc21)C1CCC1. The smallest absolute Gasteiger partial charge is 0.317 e. The van der Waals surface area contributed by atoms with Crippen LogP contribution in [0.1, 0.15) is 56.6 Å². The van der Waals surface area contributed by atoms with Gasteiger partial charge in [0.05, 0.1) is 6.04 Å². The number of urea groups is 1. The maximum absolute atomic E-state index is 12.5. The van der Waals surface area contributed by atoms with E-state index in [4.69, 9.17) is 4.74 Å². The maximum Gasteiger partial charge on any atom is 0.317 e. The zero-order chi connectivity index (χ0) is 15.2. The molecule has 4 rings (SSSR count). The zero-order valence-corrected chi connectivity index (χ0v) is 13.2. The predicted molar refractivity (Wildman–Crippen MR) is 84.9 cm³/mol. The van der Waals surface area contributed by atoms with Gasteiger partial charge in [0.2, 0.25) is 0 Å². The van der Waals surface area contributed by atoms with Gasteiger partial charge in [-0.05, 0) is 44.6 Å². The summed E-state index contributed by atoms with van der Waals surface area (Å²) in [7, 11) is 1.92. The molecule has 1 N–H and O–H groups in total. The summed E-state index contributed by atoms with van der Waals surface area (Å²) in [5.41, 5.74) is 1.08. The van der Waals surface area contributed by atoms with E-state index in [1.807, 2.05) is 30.1 Å². The van der Waals surface area contributed by atoms with Crippen LogP contribution in [-0.4, -0.2) is 29.6 Å². The van der Waals surface area contributed by atoms with Crippen LogP contribution in [0.2, 0.25) is 0 Å². The van der Waals surface area contributed by atoms with E-state index in [-0.39, 0.29) is 17.7 Å². The third-order valence-electron chi connectivity index (χ3n) is 5.70. The molecule has 0 saturated heterocycles. The summed E-state index contributed by atoms with van der Waals surface area (Å²) in [5.74, 6) is 0.949. The molecular formula is C18H24N2O2. The summed E-state index contributed by atoms with van der Waals surface area (Å²) in [6.45, 7) is 0. The van der Waals surface area contributed by atoms with Gasteiger partial charge in [-0.3, -0.25) is 0 Å². The van der Waals surface area contributed by atoms with Crippen molar-refractivity contribution in [2.24, 2.45) is 0 Å². The molecule has 2 amide bonds. The van der Waals surface area contributed by atoms with Gasteiger partial charge in [-0.1, -0.05) is 18.2 Å². The van der Waals surface area contributed by atoms with Gasteiger partial charge >= 0.3 is 6.03 Å². The molecule has 2 fully saturated rings. The molecule has 0 aromatic heterocycles. The number of rotatable bonds is 2. The Morgan fingerprint density at radius 1 is 1.27 bits per heavy atom. The number of nitrogens with one attached hydrogen (secondary N) is 1. The lowest BCUT2D eigenvalue weighted by Crippen LogP contribution is -2.52. The van der Waals surface area contributed by atoms with Crippen molar-refractivity contribution in [2.75, 3.05) is 7.05 Å². The standard InChI is InChI=1S/C18H24N2O2/c1-20(13-6-4-7-13)17(21)19-15-12-18(10-5-11-18)22-16-9-3-2-8-14(15)16/h2-3,8-9,13,15H,4-7,10-12H2,1H3,(H,19,21)/t15-/m0/s1. The normalized spacial score (nSPS) is 25.4. The van der Waals surface area contributed by atoms with Crippen molar-refractivity contribution in [3.63, 3.8) is 0 Å². The average molecular weight is 300 g/mol. The molecule has 1 spiro atoms. The third-order valence-corrected chi connectivity index (χ3v) is 5.70. The van der Waals surface area contributed by atoms with E-state index < -0.39 is 0 Å². The van der Waals surface area contributed by atoms with Crippen LogP contribution in [0.15, 0.2) is 24.3 Å². The zero-order valence-electron chi connectivity index (χ0n) is 13.2. The lowest BCUT2D eigenvalue weighted by molar-refractivity contribution is -0.0360. The first-order valence-electron chi connectivity index (χ1n) is 8.48. The van der Waals surface area contributed by atoms with Crippen molar-refractivity contribution in [3.8, 4) is 5.75 Å². The lowest BCUT2D eigenvalue weighted by Gasteiger charge is -2.48. The summed E-state index contributed by atoms with van der Waals surface area (Å²) >= 11 is 0. The first-order valence-corrected chi connectivity index (χ1v) is 8.48. The van der Waals surface area contributed by atoms with E-state index in [0.717, 1.165) is 43.4 Å². The van der Waals surface area contributed by atoms with Crippen molar-refractivity contribution >= 4 is 6.03 Å². The van der Waals surface area contributed by atoms with Crippen LogP contribution in [0.25, 0.3) is 0 Å². The number of fused-ring (bicyclic) bond motifs is 1. The van der Waals surface area contributed by atoms with E-state index in [1.165, 1.54) is 12.8 Å². The topological polar surface area (TPSA) is 41.6 Å². The van der Waals surface area contributed by atoms with Gasteiger partial charge in [-0.15, -0.1) is 0 Å². The first kappa shape index (κ1) is 13.9. The second kappa shape index (κ2) is 5.18. The fraction of sp³-hybridized carbons (Fsp3) is 0.611. The van der Waals surface area contributed by atoms with Gasteiger partial charge in [-0.25, -0.2) is 4.79 Å². The second-order valence-corrected chi connectivity index (χ2v) is 7.08. The van der Waals surface area contributed by atoms with Crippen LogP contribution in [0.5, 0.6) is 5.75 Å². The van der Waals surface area contributed by atoms with Crippen LogP contribution in [0.3, 0.4) is 0 Å². The van der Waals surface area contributed by atoms with E-state index in [9.17, 15) is 4.79 Å². The second-order valence-electron chi connectivity index (χ2n) is 7.08. The average Bonchev–Trinajstić information content (AvgIpc) is 2.43. The number of para-hydroxylation sites is 1. The minimum Gasteiger partial charge on any atom is -0.487 e. The highest BCUT2D eigenvalue weighted by molar-refractivity contribution is 5.75. The van der Waals surface area contributed by atoms with Gasteiger partial charge in [0.15, 0.2) is 0 Å². The number of hydrogen-bond acceptors (Lipinski definition) is 2. The molecule has 1 aromatic rings. The minimum absolute atomic E-state index is 0.0403. The number of carbonyl (C=O) groups is 1. The van der Waals surface area contributed by atoms with Crippen molar-refractivity contribution in [1.29, 1.82) is 0 Å². The van der Waals surface area contributed by atoms with Crippen LogP contribution < -0.4 is 10.1 Å². The monoisotopic (exact) mass is 300 g/mol. The molecule has 0 unspecified atom stereocenters.